The van der Waals surface area contributed by atoms with Gasteiger partial charge in [-0.2, -0.15) is 5.10 Å². The number of hydrogen-bond acceptors (Lipinski definition) is 12. The second-order valence-corrected chi connectivity index (χ2v) is 15.2. The summed E-state index contributed by atoms with van der Waals surface area (Å²) < 4.78 is 7.97. The van der Waals surface area contributed by atoms with Gasteiger partial charge in [0.1, 0.15) is 35.4 Å². The predicted molar refractivity (Wildman–Crippen MR) is 217 cm³/mol. The molecule has 3 aromatic carbocycles. The average molecular weight is 798 g/mol. The molecule has 3 saturated heterocycles. The molecule has 1 unspecified atom stereocenters. The molecule has 2 aromatic heterocycles. The van der Waals surface area contributed by atoms with Crippen molar-refractivity contribution in [3.63, 3.8) is 0 Å². The molecular formula is C42H43N11O6. The van der Waals surface area contributed by atoms with E-state index in [0.29, 0.717) is 67.6 Å². The molecule has 0 spiro atoms. The van der Waals surface area contributed by atoms with Gasteiger partial charge < -0.3 is 25.6 Å². The summed E-state index contributed by atoms with van der Waals surface area (Å²) in [6.07, 6.45) is 3.52. The van der Waals surface area contributed by atoms with Crippen LogP contribution in [0.2, 0.25) is 0 Å². The smallest absolute Gasteiger partial charge is 0.317 e. The number of aromatic nitrogens is 4. The fourth-order valence-corrected chi connectivity index (χ4v) is 8.45. The predicted octanol–water partition coefficient (Wildman–Crippen LogP) is 3.44. The largest absolute Gasteiger partial charge is 0.457 e. The number of rotatable bonds is 9. The Balaban J connectivity index is 0.784. The minimum absolute atomic E-state index is 0.0481. The van der Waals surface area contributed by atoms with Crippen LogP contribution >= 0.6 is 0 Å². The Labute approximate surface area is 339 Å². The maximum absolute atomic E-state index is 13.3. The summed E-state index contributed by atoms with van der Waals surface area (Å²) in [5, 5.41) is 11.1. The lowest BCUT2D eigenvalue weighted by Crippen LogP contribution is -2.54. The molecule has 0 saturated carbocycles. The van der Waals surface area contributed by atoms with Crippen molar-refractivity contribution in [2.45, 2.75) is 37.8 Å². The maximum Gasteiger partial charge on any atom is 0.317 e. The molecule has 9 rings (SSSR count). The lowest BCUT2D eigenvalue weighted by molar-refractivity contribution is -0.136. The van der Waals surface area contributed by atoms with E-state index in [0.717, 1.165) is 47.8 Å². The Morgan fingerprint density at radius 1 is 0.864 bits per heavy atom. The molecular weight excluding hydrogens is 755 g/mol. The number of benzene rings is 3. The summed E-state index contributed by atoms with van der Waals surface area (Å²) in [5.41, 5.74) is 9.93. The Kier molecular flexibility index (Phi) is 10.1. The van der Waals surface area contributed by atoms with Crippen LogP contribution in [0.3, 0.4) is 0 Å². The van der Waals surface area contributed by atoms with Crippen molar-refractivity contribution >= 4 is 52.2 Å². The third-order valence-electron chi connectivity index (χ3n) is 11.5. The lowest BCUT2D eigenvalue weighted by atomic mass is 10.0. The summed E-state index contributed by atoms with van der Waals surface area (Å²) in [5.74, 6) is -0.305. The molecule has 4 aliphatic heterocycles. The minimum Gasteiger partial charge on any atom is -0.457 e. The van der Waals surface area contributed by atoms with Gasteiger partial charge in [0.15, 0.2) is 5.65 Å². The van der Waals surface area contributed by atoms with Crippen LogP contribution in [0.1, 0.15) is 52.4 Å². The number of piperidine rings is 2. The van der Waals surface area contributed by atoms with E-state index < -0.39 is 29.7 Å². The first-order valence-electron chi connectivity index (χ1n) is 19.9. The fourth-order valence-electron chi connectivity index (χ4n) is 8.45. The normalized spacial score (nSPS) is 19.9. The molecule has 17 nitrogen and oxygen atoms in total. The maximum atomic E-state index is 13.3. The van der Waals surface area contributed by atoms with Crippen LogP contribution in [0, 0.1) is 0 Å². The Hall–Kier alpha value is -6.88. The number of urea groups is 1. The summed E-state index contributed by atoms with van der Waals surface area (Å²) in [6, 6.07) is 21.3. The van der Waals surface area contributed by atoms with E-state index >= 15 is 0 Å². The van der Waals surface area contributed by atoms with Gasteiger partial charge in [0.2, 0.25) is 11.8 Å². The van der Waals surface area contributed by atoms with E-state index in [4.69, 9.17) is 15.6 Å². The average Bonchev–Trinajstić information content (AvgIpc) is 3.77. The molecule has 6 amide bonds. The van der Waals surface area contributed by atoms with Gasteiger partial charge in [-0.1, -0.05) is 18.2 Å². The zero-order valence-corrected chi connectivity index (χ0v) is 32.3. The van der Waals surface area contributed by atoms with E-state index in [2.05, 4.69) is 30.4 Å². The van der Waals surface area contributed by atoms with Crippen molar-refractivity contribution in [1.82, 2.24) is 45.1 Å². The molecule has 17 heteroatoms. The van der Waals surface area contributed by atoms with Crippen LogP contribution in [0.5, 0.6) is 11.5 Å². The number of nitrogens with one attached hydrogen (secondary N) is 2. The molecule has 302 valence electrons. The number of carbonyl (C=O) groups excluding carboxylic acids is 5. The van der Waals surface area contributed by atoms with Crippen molar-refractivity contribution in [3.05, 3.63) is 90.3 Å². The molecule has 4 N–H and O–H groups in total. The van der Waals surface area contributed by atoms with Gasteiger partial charge >= 0.3 is 6.03 Å². The molecule has 0 radical (unpaired) electrons. The molecule has 0 bridgehead atoms. The van der Waals surface area contributed by atoms with Crippen LogP contribution in [0.4, 0.5) is 16.3 Å². The zero-order valence-electron chi connectivity index (χ0n) is 32.3. The highest BCUT2D eigenvalue weighted by atomic mass is 16.5. The molecule has 3 fully saturated rings. The number of nitrogens with zero attached hydrogens (tertiary/aromatic N) is 8. The standard InChI is InChI=1S/C42H43N11O6/c43-37-35-36(26-8-11-30(12-9-26)59-29-6-2-1-3-7-29)48-53(38(35)46-25-45-37)28-5-4-17-49(24-28)18-16-44-42(58)51-21-19-50(20-22-51)27-10-13-31-32(23-27)41(57)52(40(31)56)33-14-15-34(54)47-39(33)55/h1-3,6-13,23,25,28,33H,4-5,14-22,24H2,(H,44,58)(H2,43,45,46)(H,47,54,55)/t28-,33?/m1/s1. The van der Waals surface area contributed by atoms with Gasteiger partial charge in [-0.15, -0.1) is 0 Å². The van der Waals surface area contributed by atoms with Crippen molar-refractivity contribution < 1.29 is 28.7 Å². The molecule has 5 aromatic rings. The monoisotopic (exact) mass is 797 g/mol. The highest BCUT2D eigenvalue weighted by Crippen LogP contribution is 2.35. The number of piperazine rings is 1. The number of anilines is 2. The van der Waals surface area contributed by atoms with Crippen LogP contribution in [-0.4, -0.2) is 123 Å². The Bertz CT molecular complexity index is 2450. The van der Waals surface area contributed by atoms with Crippen LogP contribution < -0.4 is 26.0 Å². The summed E-state index contributed by atoms with van der Waals surface area (Å²) >= 11 is 0. The van der Waals surface area contributed by atoms with Crippen LogP contribution in [0.25, 0.3) is 22.3 Å². The highest BCUT2D eigenvalue weighted by Gasteiger charge is 2.45. The topological polar surface area (TPSA) is 201 Å². The van der Waals surface area contributed by atoms with Crippen molar-refractivity contribution in [2.24, 2.45) is 0 Å². The Morgan fingerprint density at radius 3 is 2.41 bits per heavy atom. The first kappa shape index (κ1) is 37.7. The minimum atomic E-state index is -1.02. The van der Waals surface area contributed by atoms with Gasteiger partial charge in [0.05, 0.1) is 22.6 Å². The molecule has 4 aliphatic rings. The second-order valence-electron chi connectivity index (χ2n) is 15.2. The van der Waals surface area contributed by atoms with Gasteiger partial charge in [-0.3, -0.25) is 34.3 Å². The highest BCUT2D eigenvalue weighted by molar-refractivity contribution is 6.23. The number of nitrogens with two attached hydrogens (primary N) is 1. The molecule has 6 heterocycles. The van der Waals surface area contributed by atoms with Gasteiger partial charge in [0, 0.05) is 63.5 Å². The molecule has 2 atom stereocenters. The lowest BCUT2D eigenvalue weighted by Gasteiger charge is -2.36. The SMILES string of the molecule is Nc1ncnc2c1c(-c1ccc(Oc3ccccc3)cc1)nn2[C@@H]1CCCN(CCNC(=O)N2CCN(c3ccc4c(c3)C(=O)N(C3CCC(=O)NC3=O)C4=O)CC2)C1. The number of imide groups is 2. The summed E-state index contributed by atoms with van der Waals surface area (Å²) in [6.45, 7) is 4.83. The fraction of sp³-hybridized carbons (Fsp3) is 0.333. The first-order chi connectivity index (χ1) is 28.7. The number of ether oxygens (including phenoxy) is 1. The van der Waals surface area contributed by atoms with E-state index in [1.165, 1.54) is 6.33 Å². The van der Waals surface area contributed by atoms with Crippen molar-refractivity contribution in [3.8, 4) is 22.8 Å². The van der Waals surface area contributed by atoms with E-state index in [1.807, 2.05) is 59.3 Å². The van der Waals surface area contributed by atoms with E-state index in [1.54, 1.807) is 23.1 Å². The number of carbonyl (C=O) groups is 5. The number of para-hydroxylation sites is 1. The molecule has 59 heavy (non-hydrogen) atoms. The van der Waals surface area contributed by atoms with E-state index in [-0.39, 0.29) is 36.0 Å². The second kappa shape index (κ2) is 15.8. The number of hydrogen-bond donors (Lipinski definition) is 3. The van der Waals surface area contributed by atoms with Crippen LogP contribution in [-0.2, 0) is 9.59 Å². The van der Waals surface area contributed by atoms with Gasteiger partial charge in [-0.25, -0.2) is 19.4 Å². The number of fused-ring (bicyclic) bond motifs is 2. The third-order valence-corrected chi connectivity index (χ3v) is 11.5. The van der Waals surface area contributed by atoms with Crippen molar-refractivity contribution in [1.29, 1.82) is 0 Å². The Morgan fingerprint density at radius 2 is 1.63 bits per heavy atom. The van der Waals surface area contributed by atoms with Crippen molar-refractivity contribution in [2.75, 3.05) is 63.0 Å². The van der Waals surface area contributed by atoms with Crippen LogP contribution in [0.15, 0.2) is 79.1 Å². The molecule has 0 aliphatic carbocycles. The number of likely N-dealkylation sites (tertiary alicyclic amines) is 1. The summed E-state index contributed by atoms with van der Waals surface area (Å²) in [7, 11) is 0. The quantitative estimate of drug-likeness (QED) is 0.184. The zero-order chi connectivity index (χ0) is 40.6. The number of amides is 6. The van der Waals surface area contributed by atoms with Gasteiger partial charge in [0.25, 0.3) is 11.8 Å². The van der Waals surface area contributed by atoms with Gasteiger partial charge in [-0.05, 0) is 80.4 Å². The summed E-state index contributed by atoms with van der Waals surface area (Å²) in [4.78, 5) is 79.8. The number of nitrogen functional groups attached to an aromatic ring is 1. The first-order valence-corrected chi connectivity index (χ1v) is 19.9. The third kappa shape index (κ3) is 7.40. The van der Waals surface area contributed by atoms with E-state index in [9.17, 15) is 24.0 Å².